The summed E-state index contributed by atoms with van der Waals surface area (Å²) in [7, 11) is 1.41. The molecule has 0 spiro atoms. The number of pyridine rings is 2. The molecule has 2 aromatic heterocycles. The van der Waals surface area contributed by atoms with E-state index in [4.69, 9.17) is 9.94 Å². The number of amides is 1. The Morgan fingerprint density at radius 2 is 1.81 bits per heavy atom. The van der Waals surface area contributed by atoms with Crippen LogP contribution in [0.15, 0.2) is 73.1 Å². The molecule has 13 heteroatoms. The third kappa shape index (κ3) is 7.69. The molecule has 47 heavy (non-hydrogen) atoms. The molecule has 4 N–H and O–H groups in total. The molecular formula is C34H31F3N6O4. The third-order valence-electron chi connectivity index (χ3n) is 7.91. The van der Waals surface area contributed by atoms with Gasteiger partial charge in [-0.1, -0.05) is 36.4 Å². The summed E-state index contributed by atoms with van der Waals surface area (Å²) in [6, 6.07) is 16.9. The van der Waals surface area contributed by atoms with Crippen LogP contribution in [0.25, 0.3) is 28.3 Å². The summed E-state index contributed by atoms with van der Waals surface area (Å²) in [5, 5.41) is 33.0. The summed E-state index contributed by atoms with van der Waals surface area (Å²) < 4.78 is 45.0. The van der Waals surface area contributed by atoms with Crippen molar-refractivity contribution in [3.8, 4) is 39.8 Å². The second-order valence-corrected chi connectivity index (χ2v) is 10.9. The maximum absolute atomic E-state index is 13.3. The van der Waals surface area contributed by atoms with Gasteiger partial charge in [0.15, 0.2) is 11.5 Å². The van der Waals surface area contributed by atoms with E-state index in [2.05, 4.69) is 21.4 Å². The Kier molecular flexibility index (Phi) is 10.0. The van der Waals surface area contributed by atoms with E-state index in [1.165, 1.54) is 25.3 Å². The van der Waals surface area contributed by atoms with Gasteiger partial charge in [0.1, 0.15) is 23.1 Å². The summed E-state index contributed by atoms with van der Waals surface area (Å²) in [5.74, 6) is -0.0909. The maximum atomic E-state index is 13.3. The molecule has 3 heterocycles. The molecule has 242 valence electrons. The molecule has 5 rings (SSSR count). The summed E-state index contributed by atoms with van der Waals surface area (Å²) in [5.41, 5.74) is 4.16. The van der Waals surface area contributed by atoms with Crippen LogP contribution in [0.2, 0.25) is 0 Å². The van der Waals surface area contributed by atoms with Crippen LogP contribution >= 0.6 is 0 Å². The zero-order chi connectivity index (χ0) is 33.6. The molecule has 0 aliphatic carbocycles. The third-order valence-corrected chi connectivity index (χ3v) is 7.91. The number of carbonyl (C=O) groups is 1. The Morgan fingerprint density at radius 1 is 1.09 bits per heavy atom. The van der Waals surface area contributed by atoms with E-state index in [0.29, 0.717) is 47.7 Å². The number of nitrogens with zero attached hydrogens (tertiary/aromatic N) is 4. The summed E-state index contributed by atoms with van der Waals surface area (Å²) in [4.78, 5) is 21.5. The van der Waals surface area contributed by atoms with E-state index in [1.807, 2.05) is 29.2 Å². The van der Waals surface area contributed by atoms with Crippen molar-refractivity contribution in [3.63, 3.8) is 0 Å². The average molecular weight is 645 g/mol. The number of anilines is 1. The molecule has 0 radical (unpaired) electrons. The second-order valence-electron chi connectivity index (χ2n) is 10.9. The molecule has 0 bridgehead atoms. The fourth-order valence-electron chi connectivity index (χ4n) is 5.45. The number of aromatic nitrogens is 2. The van der Waals surface area contributed by atoms with E-state index in [1.54, 1.807) is 29.9 Å². The van der Waals surface area contributed by atoms with Crippen LogP contribution in [0.5, 0.6) is 11.5 Å². The number of benzene rings is 2. The fourth-order valence-corrected chi connectivity index (χ4v) is 5.45. The van der Waals surface area contributed by atoms with Crippen LogP contribution < -0.4 is 20.4 Å². The van der Waals surface area contributed by atoms with Gasteiger partial charge >= 0.3 is 6.18 Å². The highest BCUT2D eigenvalue weighted by Gasteiger charge is 2.33. The van der Waals surface area contributed by atoms with Gasteiger partial charge in [0.05, 0.1) is 7.11 Å². The first-order valence-electron chi connectivity index (χ1n) is 14.6. The molecular weight excluding hydrogens is 613 g/mol. The number of piperidine rings is 1. The van der Waals surface area contributed by atoms with Crippen molar-refractivity contribution in [1.29, 1.82) is 5.26 Å². The Hall–Kier alpha value is -5.45. The highest BCUT2D eigenvalue weighted by molar-refractivity contribution is 5.91. The molecule has 1 amide bonds. The number of nitrogens with one attached hydrogen (secondary N) is 2. The molecule has 2 aromatic carbocycles. The minimum absolute atomic E-state index is 0.140. The summed E-state index contributed by atoms with van der Waals surface area (Å²) >= 11 is 0. The summed E-state index contributed by atoms with van der Waals surface area (Å²) in [6.45, 7) is 1.80. The minimum atomic E-state index is -4.62. The lowest BCUT2D eigenvalue weighted by atomic mass is 9.92. The largest absolute Gasteiger partial charge is 0.504 e. The van der Waals surface area contributed by atoms with Crippen molar-refractivity contribution in [2.45, 2.75) is 31.6 Å². The lowest BCUT2D eigenvalue weighted by Gasteiger charge is -2.34. The van der Waals surface area contributed by atoms with Crippen molar-refractivity contribution >= 4 is 17.8 Å². The smallest absolute Gasteiger partial charge is 0.433 e. The van der Waals surface area contributed by atoms with Gasteiger partial charge in [0.2, 0.25) is 0 Å². The van der Waals surface area contributed by atoms with Gasteiger partial charge in [0.25, 0.3) is 5.91 Å². The number of aromatic hydroxyl groups is 1. The highest BCUT2D eigenvalue weighted by atomic mass is 19.4. The van der Waals surface area contributed by atoms with E-state index in [-0.39, 0.29) is 23.1 Å². The molecule has 1 aliphatic heterocycles. The highest BCUT2D eigenvalue weighted by Crippen LogP contribution is 2.41. The molecule has 1 saturated heterocycles. The van der Waals surface area contributed by atoms with Crippen molar-refractivity contribution in [2.75, 3.05) is 25.1 Å². The number of phenolic OH excluding ortho intramolecular Hbond substituents is 1. The van der Waals surface area contributed by atoms with Gasteiger partial charge in [-0.05, 0) is 53.8 Å². The number of ether oxygens (including phenoxy) is 1. The Labute approximate surface area is 268 Å². The predicted molar refractivity (Wildman–Crippen MR) is 168 cm³/mol. The van der Waals surface area contributed by atoms with Crippen LogP contribution in [0.1, 0.15) is 35.2 Å². The Balaban J connectivity index is 1.36. The number of hydrogen-bond acceptors (Lipinski definition) is 9. The molecule has 1 fully saturated rings. The number of hydrogen-bond donors (Lipinski definition) is 4. The zero-order valence-electron chi connectivity index (χ0n) is 25.3. The molecule has 0 saturated carbocycles. The van der Waals surface area contributed by atoms with Crippen molar-refractivity contribution in [2.24, 2.45) is 0 Å². The monoisotopic (exact) mass is 644 g/mol. The molecule has 0 unspecified atom stereocenters. The van der Waals surface area contributed by atoms with E-state index < -0.39 is 17.8 Å². The quantitative estimate of drug-likeness (QED) is 0.103. The number of nitriles is 1. The van der Waals surface area contributed by atoms with Crippen LogP contribution in [0.3, 0.4) is 0 Å². The van der Waals surface area contributed by atoms with E-state index in [0.717, 1.165) is 36.2 Å². The van der Waals surface area contributed by atoms with Gasteiger partial charge < -0.3 is 20.1 Å². The van der Waals surface area contributed by atoms with Gasteiger partial charge in [0, 0.05) is 60.8 Å². The van der Waals surface area contributed by atoms with Gasteiger partial charge in [-0.25, -0.2) is 10.5 Å². The topological polar surface area (TPSA) is 144 Å². The number of halogens is 3. The van der Waals surface area contributed by atoms with Crippen molar-refractivity contribution in [3.05, 3.63) is 95.5 Å². The Bertz CT molecular complexity index is 1800. The second kappa shape index (κ2) is 14.3. The lowest BCUT2D eigenvalue weighted by Crippen LogP contribution is -2.42. The zero-order valence-corrected chi connectivity index (χ0v) is 25.3. The molecule has 4 aromatic rings. The minimum Gasteiger partial charge on any atom is -0.504 e. The molecule has 10 nitrogen and oxygen atoms in total. The van der Waals surface area contributed by atoms with Crippen LogP contribution in [-0.2, 0) is 17.5 Å². The average Bonchev–Trinajstić information content (AvgIpc) is 3.09. The van der Waals surface area contributed by atoms with E-state index in [9.17, 15) is 28.3 Å². The van der Waals surface area contributed by atoms with Crippen molar-refractivity contribution in [1.82, 2.24) is 20.8 Å². The first-order valence-corrected chi connectivity index (χ1v) is 14.6. The normalized spacial score (nSPS) is 13.8. The first-order chi connectivity index (χ1) is 22.6. The fraction of sp³-hybridized carbons (Fsp3) is 0.235. The number of carbonyl (C=O) groups excluding carboxylic acids is 1. The summed E-state index contributed by atoms with van der Waals surface area (Å²) in [6.07, 6.45) is 2.38. The number of phenols is 1. The van der Waals surface area contributed by atoms with Crippen LogP contribution in [0, 0.1) is 11.3 Å². The number of hydroxylamine groups is 1. The van der Waals surface area contributed by atoms with Gasteiger partial charge in [-0.15, -0.1) is 0 Å². The van der Waals surface area contributed by atoms with Crippen LogP contribution in [0.4, 0.5) is 19.0 Å². The van der Waals surface area contributed by atoms with Gasteiger partial charge in [-0.3, -0.25) is 15.0 Å². The standard InChI is InChI=1S/C34H31F3N6O4/c1-47-29-9-7-23(16-28(29)44)27-20-41-33(26(17-38)32(27)24-8-10-30(40-19-24)34(35,36)37)43-14-12-25(13-15-43)39-18-22-4-2-21(3-5-22)6-11-31(45)42-46/h2-11,16,19-20,25,39,44,46H,12-15,18H2,1H3,(H,42,45)/b11-6+. The van der Waals surface area contributed by atoms with Crippen LogP contribution in [-0.4, -0.2) is 52.4 Å². The number of alkyl halides is 3. The Morgan fingerprint density at radius 3 is 2.40 bits per heavy atom. The van der Waals surface area contributed by atoms with Gasteiger partial charge in [-0.2, -0.15) is 18.4 Å². The number of methoxy groups -OCH3 is 1. The predicted octanol–water partition coefficient (Wildman–Crippen LogP) is 5.69. The number of rotatable bonds is 9. The lowest BCUT2D eigenvalue weighted by molar-refractivity contribution is -0.141. The first kappa shape index (κ1) is 32.9. The van der Waals surface area contributed by atoms with E-state index >= 15 is 0 Å². The van der Waals surface area contributed by atoms with Crippen molar-refractivity contribution < 1.29 is 33.0 Å². The maximum Gasteiger partial charge on any atom is 0.433 e. The molecule has 0 atom stereocenters. The molecule has 1 aliphatic rings. The SMILES string of the molecule is COc1ccc(-c2cnc(N3CCC(NCc4ccc(/C=C/C(=O)NO)cc4)CC3)c(C#N)c2-c2ccc(C(F)(F)F)nc2)cc1O.